The fourth-order valence-corrected chi connectivity index (χ4v) is 2.01. The summed E-state index contributed by atoms with van der Waals surface area (Å²) in [5.41, 5.74) is 0.657. The van der Waals surface area contributed by atoms with Crippen molar-refractivity contribution in [3.63, 3.8) is 0 Å². The lowest BCUT2D eigenvalue weighted by Gasteiger charge is -2.18. The number of fused-ring (bicyclic) bond motifs is 1. The van der Waals surface area contributed by atoms with Crippen LogP contribution >= 0.6 is 0 Å². The highest BCUT2D eigenvalue weighted by Gasteiger charge is 2.12. The molecule has 1 aliphatic heterocycles. The van der Waals surface area contributed by atoms with E-state index in [1.807, 2.05) is 19.1 Å². The van der Waals surface area contributed by atoms with Gasteiger partial charge >= 0.3 is 0 Å². The number of carbonyl (C=O) groups is 1. The molecule has 0 aliphatic carbocycles. The molecular weight excluding hydrogens is 270 g/mol. The van der Waals surface area contributed by atoms with Gasteiger partial charge in [0, 0.05) is 17.8 Å². The molecular formula is C16H15NO4. The van der Waals surface area contributed by atoms with Crippen molar-refractivity contribution < 1.29 is 18.7 Å². The van der Waals surface area contributed by atoms with E-state index in [2.05, 4.69) is 5.32 Å². The van der Waals surface area contributed by atoms with Crippen molar-refractivity contribution in [2.45, 2.75) is 6.92 Å². The van der Waals surface area contributed by atoms with Gasteiger partial charge in [0.05, 0.1) is 0 Å². The van der Waals surface area contributed by atoms with E-state index in [9.17, 15) is 4.79 Å². The van der Waals surface area contributed by atoms with E-state index < -0.39 is 0 Å². The maximum absolute atomic E-state index is 11.8. The molecule has 1 N–H and O–H groups in total. The van der Waals surface area contributed by atoms with E-state index in [-0.39, 0.29) is 5.91 Å². The molecule has 0 atom stereocenters. The smallest absolute Gasteiger partial charge is 0.248 e. The minimum atomic E-state index is -0.235. The number of hydrogen-bond donors (Lipinski definition) is 1. The van der Waals surface area contributed by atoms with Crippen LogP contribution < -0.4 is 14.8 Å². The molecule has 0 spiro atoms. The summed E-state index contributed by atoms with van der Waals surface area (Å²) >= 11 is 0. The quantitative estimate of drug-likeness (QED) is 0.881. The summed E-state index contributed by atoms with van der Waals surface area (Å²) in [4.78, 5) is 11.8. The Hall–Kier alpha value is -2.69. The van der Waals surface area contributed by atoms with Gasteiger partial charge in [-0.2, -0.15) is 0 Å². The summed E-state index contributed by atoms with van der Waals surface area (Å²) in [6.45, 7) is 2.92. The van der Waals surface area contributed by atoms with Crippen LogP contribution in [0.1, 0.15) is 11.5 Å². The molecule has 0 bridgehead atoms. The SMILES string of the molecule is Cc1ccc(C=CC(=O)Nc2ccc3c(c2)OCCO3)o1. The Kier molecular flexibility index (Phi) is 3.64. The summed E-state index contributed by atoms with van der Waals surface area (Å²) in [6, 6.07) is 8.96. The van der Waals surface area contributed by atoms with E-state index >= 15 is 0 Å². The number of furan rings is 1. The zero-order valence-electron chi connectivity index (χ0n) is 11.6. The number of anilines is 1. The van der Waals surface area contributed by atoms with Crippen LogP contribution in [0.25, 0.3) is 6.08 Å². The van der Waals surface area contributed by atoms with Crippen LogP contribution in [0.4, 0.5) is 5.69 Å². The van der Waals surface area contributed by atoms with E-state index in [4.69, 9.17) is 13.9 Å². The van der Waals surface area contributed by atoms with Crippen molar-refractivity contribution in [2.75, 3.05) is 18.5 Å². The molecule has 0 fully saturated rings. The van der Waals surface area contributed by atoms with Gasteiger partial charge < -0.3 is 19.2 Å². The molecule has 0 saturated heterocycles. The minimum Gasteiger partial charge on any atom is -0.486 e. The second kappa shape index (κ2) is 5.75. The van der Waals surface area contributed by atoms with Gasteiger partial charge in [0.2, 0.25) is 5.91 Å². The second-order valence-electron chi connectivity index (χ2n) is 4.63. The lowest BCUT2D eigenvalue weighted by Crippen LogP contribution is -2.16. The number of aryl methyl sites for hydroxylation is 1. The highest BCUT2D eigenvalue weighted by atomic mass is 16.6. The van der Waals surface area contributed by atoms with Gasteiger partial charge in [0.15, 0.2) is 11.5 Å². The molecule has 0 radical (unpaired) electrons. The fraction of sp³-hybridized carbons (Fsp3) is 0.188. The highest BCUT2D eigenvalue weighted by Crippen LogP contribution is 2.32. The number of rotatable bonds is 3. The van der Waals surface area contributed by atoms with E-state index in [1.165, 1.54) is 6.08 Å². The van der Waals surface area contributed by atoms with Crippen molar-refractivity contribution in [1.29, 1.82) is 0 Å². The molecule has 1 amide bonds. The first-order valence-corrected chi connectivity index (χ1v) is 6.66. The lowest BCUT2D eigenvalue weighted by atomic mass is 10.2. The number of ether oxygens (including phenoxy) is 2. The van der Waals surface area contributed by atoms with Gasteiger partial charge in [0.1, 0.15) is 24.7 Å². The first-order chi connectivity index (χ1) is 10.2. The average Bonchev–Trinajstić information content (AvgIpc) is 2.91. The van der Waals surface area contributed by atoms with Gasteiger partial charge in [0.25, 0.3) is 0 Å². The molecule has 1 aromatic heterocycles. The van der Waals surface area contributed by atoms with E-state index in [0.717, 1.165) is 5.76 Å². The van der Waals surface area contributed by atoms with Crippen molar-refractivity contribution in [3.05, 3.63) is 47.9 Å². The molecule has 0 saturated carbocycles. The summed E-state index contributed by atoms with van der Waals surface area (Å²) < 4.78 is 16.3. The van der Waals surface area contributed by atoms with Crippen molar-refractivity contribution in [2.24, 2.45) is 0 Å². The summed E-state index contributed by atoms with van der Waals surface area (Å²) in [5, 5.41) is 2.77. The van der Waals surface area contributed by atoms with Crippen LogP contribution in [0.3, 0.4) is 0 Å². The molecule has 21 heavy (non-hydrogen) atoms. The van der Waals surface area contributed by atoms with Crippen LogP contribution in [-0.4, -0.2) is 19.1 Å². The fourth-order valence-electron chi connectivity index (χ4n) is 2.01. The van der Waals surface area contributed by atoms with Crippen LogP contribution in [0.15, 0.2) is 40.8 Å². The molecule has 3 rings (SSSR count). The third-order valence-electron chi connectivity index (χ3n) is 2.97. The number of carbonyl (C=O) groups excluding carboxylic acids is 1. The molecule has 5 nitrogen and oxygen atoms in total. The van der Waals surface area contributed by atoms with Crippen LogP contribution in [0, 0.1) is 6.92 Å². The standard InChI is InChI=1S/C16H15NO4/c1-11-2-4-13(21-11)5-7-16(18)17-12-3-6-14-15(10-12)20-9-8-19-14/h2-7,10H,8-9H2,1H3,(H,17,18). The molecule has 5 heteroatoms. The zero-order chi connectivity index (χ0) is 14.7. The third kappa shape index (κ3) is 3.25. The Morgan fingerprint density at radius 3 is 2.71 bits per heavy atom. The lowest BCUT2D eigenvalue weighted by molar-refractivity contribution is -0.111. The molecule has 2 aromatic rings. The van der Waals surface area contributed by atoms with Gasteiger partial charge in [-0.25, -0.2) is 0 Å². The number of hydrogen-bond acceptors (Lipinski definition) is 4. The summed E-state index contributed by atoms with van der Waals surface area (Å²) in [7, 11) is 0. The van der Waals surface area contributed by atoms with Crippen molar-refractivity contribution in [3.8, 4) is 11.5 Å². The Bertz CT molecular complexity index is 687. The van der Waals surface area contributed by atoms with E-state index in [0.29, 0.717) is 36.2 Å². The van der Waals surface area contributed by atoms with Gasteiger partial charge in [-0.3, -0.25) is 4.79 Å². The maximum Gasteiger partial charge on any atom is 0.248 e. The summed E-state index contributed by atoms with van der Waals surface area (Å²) in [6.07, 6.45) is 3.05. The first kappa shape index (κ1) is 13.3. The largest absolute Gasteiger partial charge is 0.486 e. The Balaban J connectivity index is 1.66. The number of nitrogens with one attached hydrogen (secondary N) is 1. The normalized spacial score (nSPS) is 13.4. The number of benzene rings is 1. The van der Waals surface area contributed by atoms with E-state index in [1.54, 1.807) is 24.3 Å². The topological polar surface area (TPSA) is 60.7 Å². The second-order valence-corrected chi connectivity index (χ2v) is 4.63. The molecule has 0 unspecified atom stereocenters. The van der Waals surface area contributed by atoms with Gasteiger partial charge in [-0.1, -0.05) is 0 Å². The molecule has 108 valence electrons. The first-order valence-electron chi connectivity index (χ1n) is 6.66. The zero-order valence-corrected chi connectivity index (χ0v) is 11.6. The third-order valence-corrected chi connectivity index (χ3v) is 2.97. The molecule has 1 aromatic carbocycles. The predicted octanol–water partition coefficient (Wildman–Crippen LogP) is 3.01. The predicted molar refractivity (Wildman–Crippen MR) is 78.5 cm³/mol. The van der Waals surface area contributed by atoms with Crippen molar-refractivity contribution >= 4 is 17.7 Å². The summed E-state index contributed by atoms with van der Waals surface area (Å²) in [5.74, 6) is 2.55. The Labute approximate surface area is 122 Å². The maximum atomic E-state index is 11.8. The van der Waals surface area contributed by atoms with Crippen LogP contribution in [-0.2, 0) is 4.79 Å². The van der Waals surface area contributed by atoms with Gasteiger partial charge in [-0.15, -0.1) is 0 Å². The Morgan fingerprint density at radius 1 is 1.14 bits per heavy atom. The molecule has 1 aliphatic rings. The minimum absolute atomic E-state index is 0.235. The Morgan fingerprint density at radius 2 is 1.95 bits per heavy atom. The average molecular weight is 285 g/mol. The highest BCUT2D eigenvalue weighted by molar-refractivity contribution is 6.01. The number of amides is 1. The van der Waals surface area contributed by atoms with Crippen molar-refractivity contribution in [1.82, 2.24) is 0 Å². The monoisotopic (exact) mass is 285 g/mol. The van der Waals surface area contributed by atoms with Crippen LogP contribution in [0.2, 0.25) is 0 Å². The molecule has 2 heterocycles. The van der Waals surface area contributed by atoms with Gasteiger partial charge in [-0.05, 0) is 37.3 Å². The van der Waals surface area contributed by atoms with Crippen LogP contribution in [0.5, 0.6) is 11.5 Å².